The normalized spacial score (nSPS) is 15.5. The molecule has 0 saturated carbocycles. The van der Waals surface area contributed by atoms with Crippen LogP contribution in [-0.2, 0) is 18.2 Å². The predicted octanol–water partition coefficient (Wildman–Crippen LogP) is 2.99. The molecule has 8 nitrogen and oxygen atoms in total. The van der Waals surface area contributed by atoms with Gasteiger partial charge in [-0.3, -0.25) is 4.68 Å². The second-order valence-electron chi connectivity index (χ2n) is 7.12. The summed E-state index contributed by atoms with van der Waals surface area (Å²) >= 11 is 6.28. The van der Waals surface area contributed by atoms with Crippen LogP contribution in [0, 0.1) is 0 Å². The lowest BCUT2D eigenvalue weighted by Crippen LogP contribution is -2.26. The molecule has 0 radical (unpaired) electrons. The molecule has 0 aliphatic carbocycles. The summed E-state index contributed by atoms with van der Waals surface area (Å²) in [6.45, 7) is 1.26. The summed E-state index contributed by atoms with van der Waals surface area (Å²) in [7, 11) is 1.92. The molecule has 5 heterocycles. The van der Waals surface area contributed by atoms with Crippen LogP contribution in [0.15, 0.2) is 35.2 Å². The highest BCUT2D eigenvalue weighted by Crippen LogP contribution is 2.38. The summed E-state index contributed by atoms with van der Waals surface area (Å²) < 4.78 is 14.6. The smallest absolute Gasteiger partial charge is 0.278 e. The highest BCUT2D eigenvalue weighted by atomic mass is 35.5. The first-order valence-corrected chi connectivity index (χ1v) is 9.36. The second kappa shape index (κ2) is 5.76. The number of nitrogens with zero attached hydrogens (tertiary/aromatic N) is 6. The van der Waals surface area contributed by atoms with E-state index in [9.17, 15) is 0 Å². The molecule has 3 aromatic heterocycles. The molecule has 0 N–H and O–H groups in total. The quantitative estimate of drug-likeness (QED) is 0.457. The minimum absolute atomic E-state index is 0.200. The number of benzene rings is 1. The molecule has 4 aromatic rings. The van der Waals surface area contributed by atoms with Gasteiger partial charge in [0.25, 0.3) is 5.89 Å². The van der Waals surface area contributed by atoms with Crippen LogP contribution in [0.1, 0.15) is 23.0 Å². The zero-order valence-electron chi connectivity index (χ0n) is 15.0. The summed E-state index contributed by atoms with van der Waals surface area (Å²) in [5.74, 6) is 1.30. The van der Waals surface area contributed by atoms with Gasteiger partial charge in [0.05, 0.1) is 36.2 Å². The highest BCUT2D eigenvalue weighted by Gasteiger charge is 2.30. The van der Waals surface area contributed by atoms with Gasteiger partial charge in [-0.25, -0.2) is 4.98 Å². The number of halogens is 1. The average molecular weight is 395 g/mol. The molecule has 140 valence electrons. The molecule has 0 unspecified atom stereocenters. The van der Waals surface area contributed by atoms with Crippen molar-refractivity contribution in [2.75, 3.05) is 13.2 Å². The number of ether oxygens (including phenoxy) is 1. The maximum Gasteiger partial charge on any atom is 0.278 e. The molecule has 28 heavy (non-hydrogen) atoms. The number of fused-ring (bicyclic) bond motifs is 5. The summed E-state index contributed by atoms with van der Waals surface area (Å²) in [5.41, 5.74) is 5.64. The van der Waals surface area contributed by atoms with Crippen molar-refractivity contribution in [2.45, 2.75) is 12.3 Å². The third-order valence-electron chi connectivity index (χ3n) is 5.25. The van der Waals surface area contributed by atoms with Crippen LogP contribution in [0.2, 0.25) is 5.02 Å². The lowest BCUT2D eigenvalue weighted by atomic mass is 10.0. The van der Waals surface area contributed by atoms with Gasteiger partial charge in [0.15, 0.2) is 11.5 Å². The molecule has 0 amide bonds. The van der Waals surface area contributed by atoms with Gasteiger partial charge in [-0.2, -0.15) is 10.1 Å². The van der Waals surface area contributed by atoms with Crippen LogP contribution in [0.25, 0.3) is 28.5 Å². The van der Waals surface area contributed by atoms with Crippen molar-refractivity contribution in [2.24, 2.45) is 7.05 Å². The predicted molar refractivity (Wildman–Crippen MR) is 100 cm³/mol. The first-order chi connectivity index (χ1) is 13.7. The van der Waals surface area contributed by atoms with Crippen molar-refractivity contribution in [3.63, 3.8) is 0 Å². The van der Waals surface area contributed by atoms with E-state index >= 15 is 0 Å². The van der Waals surface area contributed by atoms with Gasteiger partial charge in [0, 0.05) is 35.8 Å². The van der Waals surface area contributed by atoms with E-state index in [1.54, 1.807) is 6.33 Å². The fraction of sp³-hybridized carbons (Fsp3) is 0.263. The minimum Gasteiger partial charge on any atom is -0.380 e. The van der Waals surface area contributed by atoms with Gasteiger partial charge >= 0.3 is 0 Å². The summed E-state index contributed by atoms with van der Waals surface area (Å²) in [6, 6.07) is 5.80. The van der Waals surface area contributed by atoms with E-state index in [0.29, 0.717) is 42.1 Å². The monoisotopic (exact) mass is 394 g/mol. The first-order valence-electron chi connectivity index (χ1n) is 8.98. The van der Waals surface area contributed by atoms with E-state index in [4.69, 9.17) is 20.9 Å². The SMILES string of the molecule is Cn1cc2c(n1)-c1cc(Cl)ccc1-n1cnc(-c3nc(C4COC4)no3)c1C2. The van der Waals surface area contributed by atoms with Crippen LogP contribution >= 0.6 is 11.6 Å². The minimum atomic E-state index is 0.200. The molecule has 6 rings (SSSR count). The van der Waals surface area contributed by atoms with Crippen LogP contribution in [-0.4, -0.2) is 42.7 Å². The second-order valence-corrected chi connectivity index (χ2v) is 7.55. The van der Waals surface area contributed by atoms with Crippen molar-refractivity contribution in [3.8, 4) is 28.5 Å². The van der Waals surface area contributed by atoms with E-state index in [1.165, 1.54) is 0 Å². The number of rotatable bonds is 2. The fourth-order valence-electron chi connectivity index (χ4n) is 3.79. The van der Waals surface area contributed by atoms with Gasteiger partial charge < -0.3 is 13.8 Å². The number of aromatic nitrogens is 6. The van der Waals surface area contributed by atoms with Crippen LogP contribution < -0.4 is 0 Å². The van der Waals surface area contributed by atoms with Crippen molar-refractivity contribution >= 4 is 11.6 Å². The third-order valence-corrected chi connectivity index (χ3v) is 5.48. The van der Waals surface area contributed by atoms with E-state index in [-0.39, 0.29) is 5.92 Å². The van der Waals surface area contributed by atoms with E-state index in [2.05, 4.69) is 24.8 Å². The Labute approximate surface area is 164 Å². The molecule has 0 spiro atoms. The number of hydrogen-bond donors (Lipinski definition) is 0. The Hall–Kier alpha value is -2.97. The number of aryl methyl sites for hydroxylation is 1. The lowest BCUT2D eigenvalue weighted by molar-refractivity contribution is 0.00403. The van der Waals surface area contributed by atoms with Gasteiger partial charge in [-0.05, 0) is 18.2 Å². The Kier molecular flexibility index (Phi) is 3.30. The van der Waals surface area contributed by atoms with Gasteiger partial charge in [0.2, 0.25) is 0 Å². The van der Waals surface area contributed by atoms with Crippen LogP contribution in [0.5, 0.6) is 0 Å². The largest absolute Gasteiger partial charge is 0.380 e. The molecule has 1 saturated heterocycles. The molecule has 0 bridgehead atoms. The van der Waals surface area contributed by atoms with Gasteiger partial charge in [-0.1, -0.05) is 16.8 Å². The highest BCUT2D eigenvalue weighted by molar-refractivity contribution is 6.31. The lowest BCUT2D eigenvalue weighted by Gasteiger charge is -2.21. The Morgan fingerprint density at radius 3 is 2.93 bits per heavy atom. The summed E-state index contributed by atoms with van der Waals surface area (Å²) in [6.07, 6.45) is 4.46. The zero-order valence-corrected chi connectivity index (χ0v) is 15.7. The van der Waals surface area contributed by atoms with Crippen molar-refractivity contribution in [1.82, 2.24) is 29.5 Å². The zero-order chi connectivity index (χ0) is 18.8. The molecular weight excluding hydrogens is 380 g/mol. The van der Waals surface area contributed by atoms with Crippen molar-refractivity contribution < 1.29 is 9.26 Å². The van der Waals surface area contributed by atoms with Crippen molar-refractivity contribution in [1.29, 1.82) is 0 Å². The van der Waals surface area contributed by atoms with E-state index < -0.39 is 0 Å². The Bertz CT molecular complexity index is 1220. The van der Waals surface area contributed by atoms with E-state index in [1.807, 2.05) is 36.1 Å². The fourth-order valence-corrected chi connectivity index (χ4v) is 3.96. The van der Waals surface area contributed by atoms with Crippen LogP contribution in [0.3, 0.4) is 0 Å². The standard InChI is InChI=1S/C19H15ClN6O2/c1-25-6-10-4-15-17(19-22-18(24-28-19)11-7-27-8-11)21-9-26(15)14-3-2-12(20)5-13(14)16(10)23-25/h2-3,5-6,9,11H,4,7-8H2,1H3. The van der Waals surface area contributed by atoms with E-state index in [0.717, 1.165) is 28.2 Å². The molecule has 1 aromatic carbocycles. The summed E-state index contributed by atoms with van der Waals surface area (Å²) in [4.78, 5) is 9.17. The molecule has 2 aliphatic rings. The number of hydrogen-bond acceptors (Lipinski definition) is 6. The molecule has 9 heteroatoms. The van der Waals surface area contributed by atoms with Gasteiger partial charge in [-0.15, -0.1) is 0 Å². The van der Waals surface area contributed by atoms with Gasteiger partial charge in [0.1, 0.15) is 6.33 Å². The Morgan fingerprint density at radius 1 is 1.21 bits per heavy atom. The maximum absolute atomic E-state index is 6.28. The number of imidazole rings is 1. The molecule has 2 aliphatic heterocycles. The van der Waals surface area contributed by atoms with Crippen LogP contribution in [0.4, 0.5) is 0 Å². The Balaban J connectivity index is 1.54. The average Bonchev–Trinajstić information content (AvgIpc) is 3.31. The topological polar surface area (TPSA) is 83.8 Å². The maximum atomic E-state index is 6.28. The molecular formula is C19H15ClN6O2. The Morgan fingerprint density at radius 2 is 2.11 bits per heavy atom. The third kappa shape index (κ3) is 2.28. The molecule has 1 fully saturated rings. The molecule has 0 atom stereocenters. The first kappa shape index (κ1) is 16.0. The summed E-state index contributed by atoms with van der Waals surface area (Å²) in [5, 5.41) is 9.46. The van der Waals surface area contributed by atoms with Crippen molar-refractivity contribution in [3.05, 3.63) is 52.8 Å².